The van der Waals surface area contributed by atoms with Gasteiger partial charge in [0.15, 0.2) is 11.6 Å². The van der Waals surface area contributed by atoms with Gasteiger partial charge in [-0.1, -0.05) is 11.6 Å². The molecule has 4 heteroatoms. The molecule has 1 aromatic heterocycles. The van der Waals surface area contributed by atoms with Crippen LogP contribution in [-0.4, -0.2) is 4.57 Å². The number of benzene rings is 1. The first-order chi connectivity index (χ1) is 6.68. The van der Waals surface area contributed by atoms with Crippen molar-refractivity contribution < 1.29 is 8.78 Å². The van der Waals surface area contributed by atoms with Gasteiger partial charge in [0.05, 0.1) is 10.7 Å². The standard InChI is InChI=1S/C10H6ClF2N/c11-7-5-8(12)9(13)6-10(7)14-3-1-2-4-14/h1-6H. The lowest BCUT2D eigenvalue weighted by Gasteiger charge is -2.05. The van der Waals surface area contributed by atoms with E-state index in [1.54, 1.807) is 29.1 Å². The number of aromatic nitrogens is 1. The molecular formula is C10H6ClF2N. The summed E-state index contributed by atoms with van der Waals surface area (Å²) in [6, 6.07) is 5.58. The Bertz CT molecular complexity index is 451. The zero-order valence-electron chi connectivity index (χ0n) is 7.05. The molecule has 0 unspecified atom stereocenters. The largest absolute Gasteiger partial charge is 0.322 e. The first-order valence-corrected chi connectivity index (χ1v) is 4.34. The summed E-state index contributed by atoms with van der Waals surface area (Å²) in [5, 5.41) is 0.181. The zero-order chi connectivity index (χ0) is 10.1. The molecule has 0 atom stereocenters. The van der Waals surface area contributed by atoms with Crippen LogP contribution < -0.4 is 0 Å². The molecule has 0 saturated carbocycles. The van der Waals surface area contributed by atoms with Crippen molar-refractivity contribution in [1.82, 2.24) is 4.57 Å². The third-order valence-electron chi connectivity index (χ3n) is 1.87. The van der Waals surface area contributed by atoms with E-state index in [4.69, 9.17) is 11.6 Å². The van der Waals surface area contributed by atoms with Crippen molar-refractivity contribution >= 4 is 11.6 Å². The number of hydrogen-bond acceptors (Lipinski definition) is 0. The van der Waals surface area contributed by atoms with Gasteiger partial charge in [-0.3, -0.25) is 0 Å². The fourth-order valence-electron chi connectivity index (χ4n) is 1.21. The molecule has 14 heavy (non-hydrogen) atoms. The molecule has 2 aromatic rings. The Labute approximate surface area is 84.5 Å². The molecule has 0 fully saturated rings. The van der Waals surface area contributed by atoms with E-state index >= 15 is 0 Å². The highest BCUT2D eigenvalue weighted by molar-refractivity contribution is 6.32. The van der Waals surface area contributed by atoms with Gasteiger partial charge in [0, 0.05) is 18.5 Å². The van der Waals surface area contributed by atoms with Gasteiger partial charge in [0.2, 0.25) is 0 Å². The summed E-state index contributed by atoms with van der Waals surface area (Å²) in [4.78, 5) is 0. The SMILES string of the molecule is Fc1cc(Cl)c(-n2cccc2)cc1F. The second-order valence-electron chi connectivity index (χ2n) is 2.81. The molecule has 1 heterocycles. The second-order valence-corrected chi connectivity index (χ2v) is 3.22. The normalized spacial score (nSPS) is 10.5. The fourth-order valence-corrected chi connectivity index (χ4v) is 1.45. The van der Waals surface area contributed by atoms with Gasteiger partial charge in [-0.25, -0.2) is 8.78 Å². The van der Waals surface area contributed by atoms with Crippen LogP contribution in [0, 0.1) is 11.6 Å². The van der Waals surface area contributed by atoms with Gasteiger partial charge in [-0.2, -0.15) is 0 Å². The highest BCUT2D eigenvalue weighted by atomic mass is 35.5. The molecule has 0 amide bonds. The Balaban J connectivity index is 2.60. The Morgan fingerprint density at radius 3 is 2.21 bits per heavy atom. The maximum absolute atomic E-state index is 12.9. The molecule has 0 spiro atoms. The lowest BCUT2D eigenvalue weighted by molar-refractivity contribution is 0.508. The van der Waals surface area contributed by atoms with Crippen molar-refractivity contribution in [2.75, 3.05) is 0 Å². The van der Waals surface area contributed by atoms with E-state index in [1.807, 2.05) is 0 Å². The minimum atomic E-state index is -0.939. The lowest BCUT2D eigenvalue weighted by Crippen LogP contribution is -1.94. The first kappa shape index (κ1) is 9.21. The van der Waals surface area contributed by atoms with Crippen LogP contribution in [0.15, 0.2) is 36.7 Å². The Hall–Kier alpha value is -1.35. The third kappa shape index (κ3) is 1.51. The molecule has 0 bridgehead atoms. The van der Waals surface area contributed by atoms with E-state index in [1.165, 1.54) is 0 Å². The maximum Gasteiger partial charge on any atom is 0.161 e. The van der Waals surface area contributed by atoms with Crippen LogP contribution >= 0.6 is 11.6 Å². The molecular weight excluding hydrogens is 208 g/mol. The summed E-state index contributed by atoms with van der Waals surface area (Å²) >= 11 is 5.77. The number of halogens is 3. The van der Waals surface area contributed by atoms with Gasteiger partial charge in [-0.15, -0.1) is 0 Å². The van der Waals surface area contributed by atoms with Crippen molar-refractivity contribution in [2.24, 2.45) is 0 Å². The monoisotopic (exact) mass is 213 g/mol. The van der Waals surface area contributed by atoms with Crippen LogP contribution in [-0.2, 0) is 0 Å². The molecule has 72 valence electrons. The molecule has 0 saturated heterocycles. The summed E-state index contributed by atoms with van der Waals surface area (Å²) < 4.78 is 27.3. The smallest absolute Gasteiger partial charge is 0.161 e. The molecule has 0 N–H and O–H groups in total. The first-order valence-electron chi connectivity index (χ1n) is 3.96. The molecule has 0 aliphatic carbocycles. The Morgan fingerprint density at radius 1 is 1.00 bits per heavy atom. The van der Waals surface area contributed by atoms with Gasteiger partial charge < -0.3 is 4.57 Å². The van der Waals surface area contributed by atoms with Crippen molar-refractivity contribution in [3.63, 3.8) is 0 Å². The fraction of sp³-hybridized carbons (Fsp3) is 0. The van der Waals surface area contributed by atoms with E-state index in [2.05, 4.69) is 0 Å². The summed E-state index contributed by atoms with van der Waals surface area (Å²) in [7, 11) is 0. The summed E-state index contributed by atoms with van der Waals surface area (Å²) in [5.41, 5.74) is 0.426. The summed E-state index contributed by atoms with van der Waals surface area (Å²) in [6.07, 6.45) is 3.41. The lowest BCUT2D eigenvalue weighted by atomic mass is 10.3. The molecule has 1 nitrogen and oxygen atoms in total. The number of nitrogens with zero attached hydrogens (tertiary/aromatic N) is 1. The van der Waals surface area contributed by atoms with Crippen molar-refractivity contribution in [2.45, 2.75) is 0 Å². The highest BCUT2D eigenvalue weighted by Crippen LogP contribution is 2.23. The van der Waals surface area contributed by atoms with E-state index in [0.717, 1.165) is 12.1 Å². The van der Waals surface area contributed by atoms with Gasteiger partial charge in [0.1, 0.15) is 0 Å². The van der Waals surface area contributed by atoms with Crippen LogP contribution in [0.1, 0.15) is 0 Å². The third-order valence-corrected chi connectivity index (χ3v) is 2.18. The van der Waals surface area contributed by atoms with Crippen molar-refractivity contribution in [3.8, 4) is 5.69 Å². The van der Waals surface area contributed by atoms with Crippen molar-refractivity contribution in [1.29, 1.82) is 0 Å². The minimum absolute atomic E-state index is 0.181. The number of rotatable bonds is 1. The van der Waals surface area contributed by atoms with Crippen LogP contribution in [0.5, 0.6) is 0 Å². The van der Waals surface area contributed by atoms with Gasteiger partial charge >= 0.3 is 0 Å². The van der Waals surface area contributed by atoms with Crippen LogP contribution in [0.2, 0.25) is 5.02 Å². The van der Waals surface area contributed by atoms with E-state index in [9.17, 15) is 8.78 Å². The molecule has 1 aromatic carbocycles. The quantitative estimate of drug-likeness (QED) is 0.640. The predicted molar refractivity (Wildman–Crippen MR) is 50.7 cm³/mol. The van der Waals surface area contributed by atoms with Crippen LogP contribution in [0.4, 0.5) is 8.78 Å². The molecule has 0 aliphatic heterocycles. The zero-order valence-corrected chi connectivity index (χ0v) is 7.80. The number of hydrogen-bond donors (Lipinski definition) is 0. The van der Waals surface area contributed by atoms with Crippen LogP contribution in [0.25, 0.3) is 5.69 Å². The summed E-state index contributed by atoms with van der Waals surface area (Å²) in [6.45, 7) is 0. The van der Waals surface area contributed by atoms with Gasteiger partial charge in [-0.05, 0) is 18.2 Å². The second kappa shape index (κ2) is 3.42. The Morgan fingerprint density at radius 2 is 1.57 bits per heavy atom. The van der Waals surface area contributed by atoms with Gasteiger partial charge in [0.25, 0.3) is 0 Å². The molecule has 0 radical (unpaired) electrons. The average Bonchev–Trinajstić information content (AvgIpc) is 2.64. The topological polar surface area (TPSA) is 4.93 Å². The minimum Gasteiger partial charge on any atom is -0.322 e. The average molecular weight is 214 g/mol. The van der Waals surface area contributed by atoms with E-state index in [-0.39, 0.29) is 5.02 Å². The highest BCUT2D eigenvalue weighted by Gasteiger charge is 2.08. The van der Waals surface area contributed by atoms with Crippen molar-refractivity contribution in [3.05, 3.63) is 53.3 Å². The molecule has 0 aliphatic rings. The van der Waals surface area contributed by atoms with E-state index < -0.39 is 11.6 Å². The maximum atomic E-state index is 12.9. The molecule has 2 rings (SSSR count). The van der Waals surface area contributed by atoms with E-state index in [0.29, 0.717) is 5.69 Å². The Kier molecular flexibility index (Phi) is 2.25. The summed E-state index contributed by atoms with van der Waals surface area (Å²) in [5.74, 6) is -1.84. The predicted octanol–water partition coefficient (Wildman–Crippen LogP) is 3.41. The van der Waals surface area contributed by atoms with Crippen LogP contribution in [0.3, 0.4) is 0 Å².